The van der Waals surface area contributed by atoms with Crippen molar-refractivity contribution >= 4 is 11.8 Å². The number of hydrogen-bond acceptors (Lipinski definition) is 2. The summed E-state index contributed by atoms with van der Waals surface area (Å²) in [6, 6.07) is 3.22. The molecule has 1 aromatic rings. The van der Waals surface area contributed by atoms with Crippen LogP contribution in [0.3, 0.4) is 0 Å². The fraction of sp³-hybridized carbons (Fsp3) is 0.467. The fourth-order valence-corrected chi connectivity index (χ4v) is 2.62. The number of carbonyl (C=O) groups is 2. The van der Waals surface area contributed by atoms with Gasteiger partial charge in [-0.3, -0.25) is 9.59 Å². The van der Waals surface area contributed by atoms with Gasteiger partial charge in [0.2, 0.25) is 11.8 Å². The Morgan fingerprint density at radius 2 is 2.00 bits per heavy atom. The van der Waals surface area contributed by atoms with E-state index < -0.39 is 17.7 Å². The summed E-state index contributed by atoms with van der Waals surface area (Å²) in [7, 11) is 0. The van der Waals surface area contributed by atoms with E-state index in [9.17, 15) is 18.4 Å². The van der Waals surface area contributed by atoms with Crippen molar-refractivity contribution < 1.29 is 18.4 Å². The molecule has 1 aliphatic heterocycles. The van der Waals surface area contributed by atoms with Crippen molar-refractivity contribution in [1.29, 1.82) is 0 Å². The zero-order valence-corrected chi connectivity index (χ0v) is 11.9. The van der Waals surface area contributed by atoms with Crippen molar-refractivity contribution in [2.45, 2.75) is 32.2 Å². The van der Waals surface area contributed by atoms with Crippen LogP contribution in [0, 0.1) is 11.6 Å². The van der Waals surface area contributed by atoms with Crippen molar-refractivity contribution in [3.63, 3.8) is 0 Å². The van der Waals surface area contributed by atoms with Gasteiger partial charge in [0.15, 0.2) is 0 Å². The van der Waals surface area contributed by atoms with Crippen LogP contribution in [0.5, 0.6) is 0 Å². The molecule has 0 bridgehead atoms. The van der Waals surface area contributed by atoms with E-state index in [0.29, 0.717) is 13.0 Å². The molecule has 1 fully saturated rings. The van der Waals surface area contributed by atoms with Gasteiger partial charge in [-0.2, -0.15) is 0 Å². The van der Waals surface area contributed by atoms with Gasteiger partial charge in [0.05, 0.1) is 0 Å². The Kier molecular flexibility index (Phi) is 4.88. The van der Waals surface area contributed by atoms with Crippen LogP contribution >= 0.6 is 0 Å². The van der Waals surface area contributed by atoms with Crippen LogP contribution < -0.4 is 5.32 Å². The van der Waals surface area contributed by atoms with Crippen molar-refractivity contribution in [2.24, 2.45) is 0 Å². The predicted molar refractivity (Wildman–Crippen MR) is 73.5 cm³/mol. The fourth-order valence-electron chi connectivity index (χ4n) is 2.62. The first-order valence-corrected chi connectivity index (χ1v) is 6.98. The van der Waals surface area contributed by atoms with E-state index in [1.807, 2.05) is 0 Å². The van der Waals surface area contributed by atoms with Crippen LogP contribution in [-0.2, 0) is 16.0 Å². The molecule has 114 valence electrons. The number of nitrogens with zero attached hydrogens (tertiary/aromatic N) is 1. The smallest absolute Gasteiger partial charge is 0.242 e. The van der Waals surface area contributed by atoms with E-state index in [0.717, 1.165) is 6.42 Å². The molecule has 2 amide bonds. The van der Waals surface area contributed by atoms with Gasteiger partial charge in [-0.25, -0.2) is 8.78 Å². The highest BCUT2D eigenvalue weighted by atomic mass is 19.1. The Morgan fingerprint density at radius 1 is 1.33 bits per heavy atom. The molecule has 21 heavy (non-hydrogen) atoms. The highest BCUT2D eigenvalue weighted by molar-refractivity contribution is 5.87. The van der Waals surface area contributed by atoms with Gasteiger partial charge in [0.25, 0.3) is 0 Å². The van der Waals surface area contributed by atoms with E-state index in [1.165, 1.54) is 30.0 Å². The minimum atomic E-state index is -0.615. The molecule has 6 heteroatoms. The third-order valence-corrected chi connectivity index (χ3v) is 3.70. The quantitative estimate of drug-likeness (QED) is 0.918. The zero-order valence-electron chi connectivity index (χ0n) is 11.9. The molecule has 1 aliphatic rings. The Morgan fingerprint density at radius 3 is 2.62 bits per heavy atom. The van der Waals surface area contributed by atoms with E-state index in [-0.39, 0.29) is 30.3 Å². The average Bonchev–Trinajstić information content (AvgIpc) is 2.91. The maximum Gasteiger partial charge on any atom is 0.242 e. The lowest BCUT2D eigenvalue weighted by atomic mass is 10.1. The van der Waals surface area contributed by atoms with Crippen LogP contribution in [0.2, 0.25) is 0 Å². The van der Waals surface area contributed by atoms with E-state index in [2.05, 4.69) is 5.32 Å². The largest absolute Gasteiger partial charge is 0.354 e. The van der Waals surface area contributed by atoms with E-state index in [4.69, 9.17) is 0 Å². The molecule has 1 aromatic carbocycles. The lowest BCUT2D eigenvalue weighted by molar-refractivity contribution is -0.136. The van der Waals surface area contributed by atoms with Crippen LogP contribution in [-0.4, -0.2) is 35.8 Å². The molecular formula is C15H18F2N2O2. The second-order valence-corrected chi connectivity index (χ2v) is 5.11. The molecule has 0 aromatic heterocycles. The third-order valence-electron chi connectivity index (χ3n) is 3.70. The normalized spacial score (nSPS) is 17.9. The summed E-state index contributed by atoms with van der Waals surface area (Å²) in [6.45, 7) is 2.15. The summed E-state index contributed by atoms with van der Waals surface area (Å²) in [5, 5.41) is 2.65. The van der Waals surface area contributed by atoms with Crippen molar-refractivity contribution in [2.75, 3.05) is 13.1 Å². The molecule has 1 unspecified atom stereocenters. The van der Waals surface area contributed by atoms with Crippen LogP contribution in [0.25, 0.3) is 0 Å². The van der Waals surface area contributed by atoms with Crippen molar-refractivity contribution in [3.8, 4) is 0 Å². The molecule has 1 atom stereocenters. The molecule has 2 rings (SSSR count). The van der Waals surface area contributed by atoms with E-state index in [1.54, 1.807) is 0 Å². The van der Waals surface area contributed by atoms with Crippen molar-refractivity contribution in [3.05, 3.63) is 35.4 Å². The number of halogens is 2. The van der Waals surface area contributed by atoms with Gasteiger partial charge in [-0.15, -0.1) is 0 Å². The Bertz CT molecular complexity index is 528. The number of nitrogens with one attached hydrogen (secondary N) is 1. The van der Waals surface area contributed by atoms with Gasteiger partial charge in [-0.1, -0.05) is 6.07 Å². The number of hydrogen-bond donors (Lipinski definition) is 1. The predicted octanol–water partition coefficient (Wildman–Crippen LogP) is 1.63. The summed E-state index contributed by atoms with van der Waals surface area (Å²) < 4.78 is 26.9. The summed E-state index contributed by atoms with van der Waals surface area (Å²) in [5.74, 6) is -1.63. The molecule has 1 saturated heterocycles. The maximum absolute atomic E-state index is 13.4. The molecule has 0 aliphatic carbocycles. The SMILES string of the molecule is CC(=O)N1CCCC1C(=O)NCCc1c(F)cccc1F. The minimum Gasteiger partial charge on any atom is -0.354 e. The molecule has 0 radical (unpaired) electrons. The number of likely N-dealkylation sites (tertiary alicyclic amines) is 1. The molecule has 1 N–H and O–H groups in total. The number of rotatable bonds is 4. The topological polar surface area (TPSA) is 49.4 Å². The number of amides is 2. The number of carbonyl (C=O) groups excluding carboxylic acids is 2. The monoisotopic (exact) mass is 296 g/mol. The Labute approximate surface area is 122 Å². The van der Waals surface area contributed by atoms with E-state index >= 15 is 0 Å². The van der Waals surface area contributed by atoms with Crippen LogP contribution in [0.15, 0.2) is 18.2 Å². The van der Waals surface area contributed by atoms with Gasteiger partial charge in [-0.05, 0) is 31.4 Å². The Hall–Kier alpha value is -1.98. The summed E-state index contributed by atoms with van der Waals surface area (Å²) in [6.07, 6.45) is 1.50. The third kappa shape index (κ3) is 3.56. The molecule has 4 nitrogen and oxygen atoms in total. The summed E-state index contributed by atoms with van der Waals surface area (Å²) >= 11 is 0. The van der Waals surface area contributed by atoms with Gasteiger partial charge < -0.3 is 10.2 Å². The van der Waals surface area contributed by atoms with Crippen LogP contribution in [0.4, 0.5) is 8.78 Å². The second kappa shape index (κ2) is 6.65. The zero-order chi connectivity index (χ0) is 15.4. The van der Waals surface area contributed by atoms with Crippen molar-refractivity contribution in [1.82, 2.24) is 10.2 Å². The first kappa shape index (κ1) is 15.4. The molecular weight excluding hydrogens is 278 g/mol. The molecule has 1 heterocycles. The second-order valence-electron chi connectivity index (χ2n) is 5.11. The average molecular weight is 296 g/mol. The standard InChI is InChI=1S/C15H18F2N2O2/c1-10(20)19-9-3-6-14(19)15(21)18-8-7-11-12(16)4-2-5-13(11)17/h2,4-5,14H,3,6-9H2,1H3,(H,18,21). The lowest BCUT2D eigenvalue weighted by Gasteiger charge is -2.22. The molecule has 0 saturated carbocycles. The van der Waals surface area contributed by atoms with Gasteiger partial charge >= 0.3 is 0 Å². The summed E-state index contributed by atoms with van der Waals surface area (Å²) in [5.41, 5.74) is -0.0346. The van der Waals surface area contributed by atoms with Gasteiger partial charge in [0, 0.05) is 25.6 Å². The minimum absolute atomic E-state index is 0.0346. The first-order valence-electron chi connectivity index (χ1n) is 6.98. The molecule has 0 spiro atoms. The van der Waals surface area contributed by atoms with Gasteiger partial charge in [0.1, 0.15) is 17.7 Å². The highest BCUT2D eigenvalue weighted by Crippen LogP contribution is 2.17. The highest BCUT2D eigenvalue weighted by Gasteiger charge is 2.31. The van der Waals surface area contributed by atoms with Crippen LogP contribution in [0.1, 0.15) is 25.3 Å². The Balaban J connectivity index is 1.89. The maximum atomic E-state index is 13.4. The number of benzene rings is 1. The summed E-state index contributed by atoms with van der Waals surface area (Å²) in [4.78, 5) is 24.9. The first-order chi connectivity index (χ1) is 10.0. The lowest BCUT2D eigenvalue weighted by Crippen LogP contribution is -2.45.